The Bertz CT molecular complexity index is 1720. The van der Waals surface area contributed by atoms with Gasteiger partial charge >= 0.3 is 0 Å². The third-order valence-corrected chi connectivity index (χ3v) is 9.08. The average molecular weight is 666 g/mol. The Labute approximate surface area is 274 Å². The molecule has 1 atom stereocenters. The van der Waals surface area contributed by atoms with Crippen molar-refractivity contribution in [1.82, 2.24) is 10.2 Å². The van der Waals surface area contributed by atoms with Crippen LogP contribution in [0.3, 0.4) is 0 Å². The summed E-state index contributed by atoms with van der Waals surface area (Å²) >= 11 is 6.28. The van der Waals surface area contributed by atoms with Crippen molar-refractivity contribution in [2.75, 3.05) is 17.5 Å². The molecular formula is C35H37ClFN3O5S. The van der Waals surface area contributed by atoms with Crippen molar-refractivity contribution in [3.63, 3.8) is 0 Å². The Balaban J connectivity index is 1.80. The number of halogens is 2. The van der Waals surface area contributed by atoms with Gasteiger partial charge in [-0.3, -0.25) is 13.9 Å². The molecule has 0 bridgehead atoms. The van der Waals surface area contributed by atoms with Gasteiger partial charge in [-0.1, -0.05) is 54.1 Å². The lowest BCUT2D eigenvalue weighted by molar-refractivity contribution is -0.140. The Morgan fingerprint density at radius 1 is 0.891 bits per heavy atom. The third-order valence-electron chi connectivity index (χ3n) is 7.06. The number of ether oxygens (including phenoxy) is 1. The van der Waals surface area contributed by atoms with Gasteiger partial charge in [0.2, 0.25) is 11.8 Å². The van der Waals surface area contributed by atoms with Gasteiger partial charge in [0, 0.05) is 24.0 Å². The molecule has 0 fully saturated rings. The van der Waals surface area contributed by atoms with Crippen LogP contribution in [-0.2, 0) is 32.6 Å². The SMILES string of the molecule is CCOc1ccc(N(CC(=O)N(Cc2cccc(Cl)c2)C(Cc2ccccc2)C(=O)NC(C)C)S(=O)(=O)c2ccc(F)cc2)cc1. The molecule has 0 radical (unpaired) electrons. The van der Waals surface area contributed by atoms with Gasteiger partial charge in [0.15, 0.2) is 0 Å². The zero-order valence-electron chi connectivity index (χ0n) is 25.9. The standard InChI is InChI=1S/C35H37ClFN3O5S/c1-4-45-31-17-15-30(16-18-31)40(46(43,44)32-19-13-29(37)14-20-32)24-34(41)39(23-27-11-8-12-28(36)21-27)33(35(42)38-25(2)3)22-26-9-6-5-7-10-26/h5-21,25,33H,4,22-24H2,1-3H3,(H,38,42). The minimum atomic E-state index is -4.37. The van der Waals surface area contributed by atoms with E-state index >= 15 is 0 Å². The first-order valence-corrected chi connectivity index (χ1v) is 16.7. The highest BCUT2D eigenvalue weighted by atomic mass is 35.5. The summed E-state index contributed by atoms with van der Waals surface area (Å²) in [5.74, 6) is -1.09. The molecule has 2 amide bonds. The van der Waals surface area contributed by atoms with E-state index in [1.807, 2.05) is 51.1 Å². The molecule has 8 nitrogen and oxygen atoms in total. The molecule has 4 aromatic carbocycles. The first kappa shape index (κ1) is 34.5. The van der Waals surface area contributed by atoms with E-state index < -0.39 is 34.3 Å². The molecule has 46 heavy (non-hydrogen) atoms. The highest BCUT2D eigenvalue weighted by molar-refractivity contribution is 7.92. The van der Waals surface area contributed by atoms with Crippen molar-refractivity contribution >= 4 is 39.1 Å². The monoisotopic (exact) mass is 665 g/mol. The predicted octanol–water partition coefficient (Wildman–Crippen LogP) is 6.24. The number of anilines is 1. The number of hydrogen-bond donors (Lipinski definition) is 1. The molecule has 11 heteroatoms. The van der Waals surface area contributed by atoms with Gasteiger partial charge in [-0.15, -0.1) is 0 Å². The second-order valence-electron chi connectivity index (χ2n) is 10.9. The van der Waals surface area contributed by atoms with Crippen LogP contribution in [0.2, 0.25) is 5.02 Å². The van der Waals surface area contributed by atoms with Crippen LogP contribution in [-0.4, -0.2) is 50.4 Å². The second kappa shape index (κ2) is 15.7. The number of sulfonamides is 1. The van der Waals surface area contributed by atoms with E-state index in [-0.39, 0.29) is 35.5 Å². The molecule has 0 aliphatic heterocycles. The summed E-state index contributed by atoms with van der Waals surface area (Å²) in [7, 11) is -4.37. The summed E-state index contributed by atoms with van der Waals surface area (Å²) in [4.78, 5) is 29.4. The predicted molar refractivity (Wildman–Crippen MR) is 178 cm³/mol. The smallest absolute Gasteiger partial charge is 0.264 e. The fraction of sp³-hybridized carbons (Fsp3) is 0.257. The van der Waals surface area contributed by atoms with E-state index in [1.165, 1.54) is 17.0 Å². The number of benzene rings is 4. The van der Waals surface area contributed by atoms with E-state index in [0.717, 1.165) is 34.1 Å². The highest BCUT2D eigenvalue weighted by Gasteiger charge is 2.35. The summed E-state index contributed by atoms with van der Waals surface area (Å²) < 4.78 is 48.4. The maximum absolute atomic E-state index is 14.5. The molecule has 242 valence electrons. The van der Waals surface area contributed by atoms with Crippen LogP contribution in [0.4, 0.5) is 10.1 Å². The molecule has 1 N–H and O–H groups in total. The van der Waals surface area contributed by atoms with E-state index in [0.29, 0.717) is 22.9 Å². The van der Waals surface area contributed by atoms with E-state index in [1.54, 1.807) is 36.4 Å². The zero-order valence-corrected chi connectivity index (χ0v) is 27.5. The lowest BCUT2D eigenvalue weighted by Crippen LogP contribution is -2.54. The Morgan fingerprint density at radius 3 is 2.15 bits per heavy atom. The van der Waals surface area contributed by atoms with Gasteiger partial charge in [-0.25, -0.2) is 12.8 Å². The average Bonchev–Trinajstić information content (AvgIpc) is 3.02. The first-order chi connectivity index (χ1) is 22.0. The van der Waals surface area contributed by atoms with Crippen molar-refractivity contribution in [2.45, 2.75) is 50.7 Å². The van der Waals surface area contributed by atoms with Crippen LogP contribution in [0.15, 0.2) is 108 Å². The third kappa shape index (κ3) is 9.08. The Kier molecular flexibility index (Phi) is 11.8. The van der Waals surface area contributed by atoms with E-state index in [9.17, 15) is 22.4 Å². The van der Waals surface area contributed by atoms with Crippen molar-refractivity contribution < 1.29 is 27.1 Å². The quantitative estimate of drug-likeness (QED) is 0.172. The summed E-state index contributed by atoms with van der Waals surface area (Å²) in [6.45, 7) is 5.22. The zero-order chi connectivity index (χ0) is 33.3. The number of hydrogen-bond acceptors (Lipinski definition) is 5. The molecule has 0 spiro atoms. The molecule has 1 unspecified atom stereocenters. The van der Waals surface area contributed by atoms with Gasteiger partial charge in [0.1, 0.15) is 24.2 Å². The number of rotatable bonds is 14. The highest BCUT2D eigenvalue weighted by Crippen LogP contribution is 2.27. The lowest BCUT2D eigenvalue weighted by atomic mass is 10.0. The van der Waals surface area contributed by atoms with Gasteiger partial charge in [0.25, 0.3) is 10.0 Å². The first-order valence-electron chi connectivity index (χ1n) is 14.9. The largest absolute Gasteiger partial charge is 0.494 e. The van der Waals surface area contributed by atoms with Crippen LogP contribution in [0.25, 0.3) is 0 Å². The Morgan fingerprint density at radius 2 is 1.54 bits per heavy atom. The molecule has 4 rings (SSSR count). The number of nitrogens with zero attached hydrogens (tertiary/aromatic N) is 2. The van der Waals surface area contributed by atoms with Crippen molar-refractivity contribution in [2.24, 2.45) is 0 Å². The van der Waals surface area contributed by atoms with Crippen LogP contribution in [0, 0.1) is 5.82 Å². The normalized spacial score (nSPS) is 12.0. The maximum atomic E-state index is 14.5. The summed E-state index contributed by atoms with van der Waals surface area (Å²) in [5.41, 5.74) is 1.66. The molecule has 0 heterocycles. The van der Waals surface area contributed by atoms with Gasteiger partial charge in [0.05, 0.1) is 17.2 Å². The van der Waals surface area contributed by atoms with E-state index in [4.69, 9.17) is 16.3 Å². The number of carbonyl (C=O) groups excluding carboxylic acids is 2. The van der Waals surface area contributed by atoms with E-state index in [2.05, 4.69) is 5.32 Å². The Hall–Kier alpha value is -4.41. The van der Waals surface area contributed by atoms with Crippen molar-refractivity contribution in [3.05, 3.63) is 125 Å². The van der Waals surface area contributed by atoms with Crippen molar-refractivity contribution in [1.29, 1.82) is 0 Å². The maximum Gasteiger partial charge on any atom is 0.264 e. The molecule has 0 saturated carbocycles. The van der Waals surface area contributed by atoms with Gasteiger partial charge in [-0.2, -0.15) is 0 Å². The number of carbonyl (C=O) groups is 2. The second-order valence-corrected chi connectivity index (χ2v) is 13.2. The van der Waals surface area contributed by atoms with Crippen LogP contribution >= 0.6 is 11.6 Å². The van der Waals surface area contributed by atoms with Crippen LogP contribution in [0.1, 0.15) is 31.9 Å². The molecular weight excluding hydrogens is 629 g/mol. The molecule has 0 aromatic heterocycles. The van der Waals surface area contributed by atoms with Gasteiger partial charge < -0.3 is 15.0 Å². The molecule has 0 aliphatic carbocycles. The molecule has 0 aliphatic rings. The summed E-state index contributed by atoms with van der Waals surface area (Å²) in [6.07, 6.45) is 0.180. The lowest BCUT2D eigenvalue weighted by Gasteiger charge is -2.34. The van der Waals surface area contributed by atoms with Crippen molar-refractivity contribution in [3.8, 4) is 5.75 Å². The minimum Gasteiger partial charge on any atom is -0.494 e. The summed E-state index contributed by atoms with van der Waals surface area (Å²) in [5, 5.41) is 3.37. The molecule has 0 saturated heterocycles. The van der Waals surface area contributed by atoms with Gasteiger partial charge in [-0.05, 0) is 92.6 Å². The fourth-order valence-corrected chi connectivity index (χ4v) is 6.53. The number of nitrogens with one attached hydrogen (secondary N) is 1. The fourth-order valence-electron chi connectivity index (χ4n) is 4.90. The number of amides is 2. The minimum absolute atomic E-state index is 0.0177. The summed E-state index contributed by atoms with van der Waals surface area (Å²) in [6, 6.07) is 25.7. The molecule has 4 aromatic rings. The topological polar surface area (TPSA) is 96.0 Å². The van der Waals surface area contributed by atoms with Crippen LogP contribution < -0.4 is 14.4 Å². The van der Waals surface area contributed by atoms with Crippen LogP contribution in [0.5, 0.6) is 5.75 Å².